The van der Waals surface area contributed by atoms with Crippen molar-refractivity contribution in [2.75, 3.05) is 26.4 Å². The average Bonchev–Trinajstić information content (AvgIpc) is 2.40. The second kappa shape index (κ2) is 7.18. The molecule has 0 aliphatic heterocycles. The molecule has 1 unspecified atom stereocenters. The summed E-state index contributed by atoms with van der Waals surface area (Å²) >= 11 is 0. The predicted octanol–water partition coefficient (Wildman–Crippen LogP) is 0.506. The van der Waals surface area contributed by atoms with Crippen molar-refractivity contribution in [2.45, 2.75) is 11.8 Å². The molecule has 19 heavy (non-hydrogen) atoms. The molecular weight excluding hydrogens is 253 g/mol. The van der Waals surface area contributed by atoms with Gasteiger partial charge < -0.3 is 20.7 Å². The number of halogens is 1. The zero-order valence-electron chi connectivity index (χ0n) is 10.5. The molecule has 0 radical (unpaired) electrons. The first-order valence-electron chi connectivity index (χ1n) is 5.95. The van der Waals surface area contributed by atoms with Gasteiger partial charge in [0, 0.05) is 18.7 Å². The number of carboxylic acid groups (broad SMARTS) is 1. The number of carboxylic acids is 1. The molecule has 0 bridgehead atoms. The third-order valence-corrected chi connectivity index (χ3v) is 3.06. The molecule has 1 aromatic carbocycles. The molecule has 0 aliphatic carbocycles. The smallest absolute Gasteiger partial charge is 0.315 e. The second-order valence-electron chi connectivity index (χ2n) is 4.16. The highest BCUT2D eigenvalue weighted by atomic mass is 19.1. The molecule has 0 heterocycles. The van der Waals surface area contributed by atoms with Crippen molar-refractivity contribution >= 4 is 5.97 Å². The molecule has 0 spiro atoms. The molecule has 0 aromatic heterocycles. The molecule has 0 saturated heterocycles. The number of hydrogen-bond acceptors (Lipinski definition) is 4. The first-order chi connectivity index (χ1) is 9.08. The Morgan fingerprint density at radius 1 is 1.37 bits per heavy atom. The summed E-state index contributed by atoms with van der Waals surface area (Å²) in [5, 5.41) is 18.0. The van der Waals surface area contributed by atoms with Gasteiger partial charge in [0.2, 0.25) is 0 Å². The van der Waals surface area contributed by atoms with Gasteiger partial charge in [0.25, 0.3) is 0 Å². The summed E-state index contributed by atoms with van der Waals surface area (Å²) in [4.78, 5) is 11.5. The van der Waals surface area contributed by atoms with Crippen LogP contribution in [0.3, 0.4) is 0 Å². The van der Waals surface area contributed by atoms with Gasteiger partial charge in [0.1, 0.15) is 11.2 Å². The molecule has 1 rings (SSSR count). The molecule has 0 saturated carbocycles. The molecule has 106 valence electrons. The van der Waals surface area contributed by atoms with Crippen LogP contribution in [-0.4, -0.2) is 42.5 Å². The second-order valence-corrected chi connectivity index (χ2v) is 4.16. The van der Waals surface area contributed by atoms with Crippen LogP contribution in [0.2, 0.25) is 0 Å². The van der Waals surface area contributed by atoms with Crippen LogP contribution in [-0.2, 0) is 14.9 Å². The van der Waals surface area contributed by atoms with E-state index in [2.05, 4.69) is 0 Å². The van der Waals surface area contributed by atoms with Gasteiger partial charge in [-0.2, -0.15) is 0 Å². The number of aliphatic hydroxyl groups excluding tert-OH is 1. The Bertz CT molecular complexity index is 427. The molecule has 5 nitrogen and oxygen atoms in total. The van der Waals surface area contributed by atoms with Crippen molar-refractivity contribution < 1.29 is 24.1 Å². The molecule has 0 aliphatic rings. The van der Waals surface area contributed by atoms with Crippen molar-refractivity contribution in [3.63, 3.8) is 0 Å². The molecule has 1 atom stereocenters. The van der Waals surface area contributed by atoms with Crippen LogP contribution in [0.25, 0.3) is 0 Å². The third-order valence-electron chi connectivity index (χ3n) is 3.06. The van der Waals surface area contributed by atoms with Gasteiger partial charge in [-0.1, -0.05) is 18.2 Å². The fraction of sp³-hybridized carbons (Fsp3) is 0.462. The molecule has 0 amide bonds. The minimum absolute atomic E-state index is 0.0414. The molecule has 4 N–H and O–H groups in total. The summed E-state index contributed by atoms with van der Waals surface area (Å²) in [7, 11) is 0. The van der Waals surface area contributed by atoms with E-state index in [1.54, 1.807) is 6.07 Å². The maximum atomic E-state index is 13.8. The Kier molecular flexibility index (Phi) is 5.88. The summed E-state index contributed by atoms with van der Waals surface area (Å²) in [6.45, 7) is -0.190. The van der Waals surface area contributed by atoms with E-state index in [-0.39, 0.29) is 38.3 Å². The number of ether oxygens (including phenoxy) is 1. The number of benzene rings is 1. The number of hydrogen-bond donors (Lipinski definition) is 3. The number of nitrogens with two attached hydrogens (primary N) is 1. The monoisotopic (exact) mass is 271 g/mol. The summed E-state index contributed by atoms with van der Waals surface area (Å²) in [5.74, 6) is -1.79. The summed E-state index contributed by atoms with van der Waals surface area (Å²) in [5.41, 5.74) is 4.11. The van der Waals surface area contributed by atoms with Crippen LogP contribution in [0.4, 0.5) is 4.39 Å². The lowest BCUT2D eigenvalue weighted by Gasteiger charge is -2.28. The van der Waals surface area contributed by atoms with Gasteiger partial charge in [-0.25, -0.2) is 4.39 Å². The Morgan fingerprint density at radius 3 is 2.58 bits per heavy atom. The van der Waals surface area contributed by atoms with Gasteiger partial charge in [0.05, 0.1) is 13.2 Å². The van der Waals surface area contributed by atoms with Gasteiger partial charge in [-0.3, -0.25) is 4.79 Å². The number of aliphatic hydroxyl groups is 1. The SMILES string of the molecule is NCC(CCOCCO)(C(=O)O)c1ccccc1F. The van der Waals surface area contributed by atoms with Gasteiger partial charge in [-0.15, -0.1) is 0 Å². The lowest BCUT2D eigenvalue weighted by molar-refractivity contribution is -0.144. The predicted molar refractivity (Wildman–Crippen MR) is 67.3 cm³/mol. The fourth-order valence-corrected chi connectivity index (χ4v) is 1.92. The Hall–Kier alpha value is -1.50. The molecule has 0 fully saturated rings. The minimum atomic E-state index is -1.51. The van der Waals surface area contributed by atoms with Crippen LogP contribution in [0.1, 0.15) is 12.0 Å². The van der Waals surface area contributed by atoms with Crippen molar-refractivity contribution in [3.8, 4) is 0 Å². The third kappa shape index (κ3) is 3.50. The van der Waals surface area contributed by atoms with Crippen LogP contribution in [0.5, 0.6) is 0 Å². The summed E-state index contributed by atoms with van der Waals surface area (Å²) in [6, 6.07) is 5.68. The number of rotatable bonds is 8. The lowest BCUT2D eigenvalue weighted by atomic mass is 9.77. The van der Waals surface area contributed by atoms with Gasteiger partial charge in [0.15, 0.2) is 0 Å². The maximum absolute atomic E-state index is 13.8. The highest BCUT2D eigenvalue weighted by Gasteiger charge is 2.40. The van der Waals surface area contributed by atoms with Crippen molar-refractivity contribution in [3.05, 3.63) is 35.6 Å². The Morgan fingerprint density at radius 2 is 2.05 bits per heavy atom. The maximum Gasteiger partial charge on any atom is 0.315 e. The van der Waals surface area contributed by atoms with Crippen LogP contribution in [0.15, 0.2) is 24.3 Å². The van der Waals surface area contributed by atoms with E-state index in [9.17, 15) is 14.3 Å². The largest absolute Gasteiger partial charge is 0.481 e. The van der Waals surface area contributed by atoms with E-state index in [0.29, 0.717) is 0 Å². The van der Waals surface area contributed by atoms with E-state index >= 15 is 0 Å². The number of carbonyl (C=O) groups is 1. The zero-order valence-corrected chi connectivity index (χ0v) is 10.5. The van der Waals surface area contributed by atoms with Gasteiger partial charge >= 0.3 is 5.97 Å². The first kappa shape index (κ1) is 15.6. The zero-order chi connectivity index (χ0) is 14.3. The van der Waals surface area contributed by atoms with E-state index in [4.69, 9.17) is 15.6 Å². The summed E-state index contributed by atoms with van der Waals surface area (Å²) in [6.07, 6.45) is 0.0414. The molecular formula is C13H18FNO4. The minimum Gasteiger partial charge on any atom is -0.481 e. The average molecular weight is 271 g/mol. The van der Waals surface area contributed by atoms with Crippen molar-refractivity contribution in [2.24, 2.45) is 5.73 Å². The quantitative estimate of drug-likeness (QED) is 0.599. The van der Waals surface area contributed by atoms with E-state index < -0.39 is 17.2 Å². The topological polar surface area (TPSA) is 92.8 Å². The van der Waals surface area contributed by atoms with Crippen LogP contribution >= 0.6 is 0 Å². The highest BCUT2D eigenvalue weighted by molar-refractivity contribution is 5.81. The number of aliphatic carboxylic acids is 1. The van der Waals surface area contributed by atoms with Gasteiger partial charge in [-0.05, 0) is 12.5 Å². The molecule has 1 aromatic rings. The normalized spacial score (nSPS) is 14.1. The van der Waals surface area contributed by atoms with Crippen molar-refractivity contribution in [1.29, 1.82) is 0 Å². The lowest BCUT2D eigenvalue weighted by Crippen LogP contribution is -2.44. The van der Waals surface area contributed by atoms with E-state index in [1.807, 2.05) is 0 Å². The fourth-order valence-electron chi connectivity index (χ4n) is 1.92. The first-order valence-corrected chi connectivity index (χ1v) is 5.95. The Labute approximate surface area is 110 Å². The van der Waals surface area contributed by atoms with E-state index in [1.165, 1.54) is 18.2 Å². The highest BCUT2D eigenvalue weighted by Crippen LogP contribution is 2.29. The summed E-state index contributed by atoms with van der Waals surface area (Å²) < 4.78 is 18.9. The van der Waals surface area contributed by atoms with Crippen molar-refractivity contribution in [1.82, 2.24) is 0 Å². The Balaban J connectivity index is 2.99. The van der Waals surface area contributed by atoms with Crippen LogP contribution in [0, 0.1) is 5.82 Å². The van der Waals surface area contributed by atoms with Crippen LogP contribution < -0.4 is 5.73 Å². The molecule has 6 heteroatoms. The van der Waals surface area contributed by atoms with E-state index in [0.717, 1.165) is 0 Å². The standard InChI is InChI=1S/C13H18FNO4/c14-11-4-2-1-3-10(11)13(9-15,12(17)18)5-7-19-8-6-16/h1-4,16H,5-9,15H2,(H,17,18).